The van der Waals surface area contributed by atoms with Crippen molar-refractivity contribution in [1.29, 1.82) is 0 Å². The van der Waals surface area contributed by atoms with E-state index < -0.39 is 0 Å². The Morgan fingerprint density at radius 1 is 1.04 bits per heavy atom. The normalized spacial score (nSPS) is 19.6. The molecule has 2 aliphatic rings. The van der Waals surface area contributed by atoms with Gasteiger partial charge in [-0.15, -0.1) is 0 Å². The maximum Gasteiger partial charge on any atom is 0.336 e. The van der Waals surface area contributed by atoms with Crippen molar-refractivity contribution in [2.24, 2.45) is 0 Å². The Kier molecular flexibility index (Phi) is 4.57. The highest BCUT2D eigenvalue weighted by atomic mass is 16.4. The van der Waals surface area contributed by atoms with Crippen molar-refractivity contribution in [2.75, 3.05) is 19.6 Å². The van der Waals surface area contributed by atoms with Gasteiger partial charge in [-0.3, -0.25) is 9.69 Å². The molecule has 0 atom stereocenters. The van der Waals surface area contributed by atoms with Crippen LogP contribution in [0.4, 0.5) is 0 Å². The zero-order chi connectivity index (χ0) is 18.3. The van der Waals surface area contributed by atoms with Crippen LogP contribution in [-0.4, -0.2) is 41.4 Å². The van der Waals surface area contributed by atoms with Crippen LogP contribution in [0, 0.1) is 13.8 Å². The molecule has 1 aliphatic carbocycles. The van der Waals surface area contributed by atoms with Gasteiger partial charge in [0.15, 0.2) is 0 Å². The summed E-state index contributed by atoms with van der Waals surface area (Å²) in [6, 6.07) is 6.03. The highest BCUT2D eigenvalue weighted by molar-refractivity contribution is 5.82. The van der Waals surface area contributed by atoms with Crippen molar-refractivity contribution < 1.29 is 9.21 Å². The van der Waals surface area contributed by atoms with Gasteiger partial charge in [0.05, 0.1) is 6.54 Å². The first-order valence-electron chi connectivity index (χ1n) is 9.57. The van der Waals surface area contributed by atoms with Crippen molar-refractivity contribution in [3.05, 3.63) is 45.3 Å². The van der Waals surface area contributed by atoms with E-state index in [1.54, 1.807) is 6.07 Å². The van der Waals surface area contributed by atoms with Gasteiger partial charge >= 0.3 is 5.63 Å². The van der Waals surface area contributed by atoms with Gasteiger partial charge in [0.1, 0.15) is 5.58 Å². The Balaban J connectivity index is 1.55. The molecule has 1 saturated heterocycles. The van der Waals surface area contributed by atoms with Crippen LogP contribution in [0.1, 0.15) is 42.4 Å². The molecule has 5 nitrogen and oxygen atoms in total. The number of piperazine rings is 1. The second kappa shape index (κ2) is 6.88. The third-order valence-electron chi connectivity index (χ3n) is 5.94. The van der Waals surface area contributed by atoms with Crippen molar-refractivity contribution in [3.63, 3.8) is 0 Å². The predicted octanol–water partition coefficient (Wildman–Crippen LogP) is 3.00. The van der Waals surface area contributed by atoms with Crippen LogP contribution in [-0.2, 0) is 11.3 Å². The molecule has 0 unspecified atom stereocenters. The van der Waals surface area contributed by atoms with Crippen molar-refractivity contribution >= 4 is 16.9 Å². The Morgan fingerprint density at radius 3 is 2.50 bits per heavy atom. The quantitative estimate of drug-likeness (QED) is 0.795. The van der Waals surface area contributed by atoms with Crippen LogP contribution in [0.15, 0.2) is 27.4 Å². The SMILES string of the molecule is Cc1cc2oc(=O)cc(CN3CCN(C4CCCC4)C(=O)C3)c2cc1C. The third kappa shape index (κ3) is 3.28. The van der Waals surface area contributed by atoms with Gasteiger partial charge in [-0.05, 0) is 55.5 Å². The average molecular weight is 354 g/mol. The summed E-state index contributed by atoms with van der Waals surface area (Å²) in [6.07, 6.45) is 4.77. The molecule has 1 aromatic heterocycles. The number of nitrogens with zero attached hydrogens (tertiary/aromatic N) is 2. The minimum atomic E-state index is -0.327. The van der Waals surface area contributed by atoms with Crippen LogP contribution >= 0.6 is 0 Å². The largest absolute Gasteiger partial charge is 0.423 e. The van der Waals surface area contributed by atoms with Gasteiger partial charge in [0.2, 0.25) is 5.91 Å². The molecule has 138 valence electrons. The zero-order valence-electron chi connectivity index (χ0n) is 15.6. The highest BCUT2D eigenvalue weighted by Crippen LogP contribution is 2.26. The number of carbonyl (C=O) groups is 1. The van der Waals surface area contributed by atoms with E-state index in [0.717, 1.165) is 42.4 Å². The summed E-state index contributed by atoms with van der Waals surface area (Å²) in [5.74, 6) is 0.224. The van der Waals surface area contributed by atoms with E-state index >= 15 is 0 Å². The summed E-state index contributed by atoms with van der Waals surface area (Å²) >= 11 is 0. The fourth-order valence-electron chi connectivity index (χ4n) is 4.33. The van der Waals surface area contributed by atoms with Crippen molar-refractivity contribution in [3.8, 4) is 0 Å². The van der Waals surface area contributed by atoms with Gasteiger partial charge < -0.3 is 9.32 Å². The van der Waals surface area contributed by atoms with Gasteiger partial charge in [-0.1, -0.05) is 12.8 Å². The number of fused-ring (bicyclic) bond motifs is 1. The third-order valence-corrected chi connectivity index (χ3v) is 5.94. The Hall–Kier alpha value is -2.14. The second-order valence-corrected chi connectivity index (χ2v) is 7.76. The van der Waals surface area contributed by atoms with E-state index in [0.29, 0.717) is 24.7 Å². The van der Waals surface area contributed by atoms with Gasteiger partial charge in [-0.25, -0.2) is 4.79 Å². The standard InChI is InChI=1S/C21H26N2O3/c1-14-9-18-16(11-21(25)26-19(18)10-15(14)2)12-22-7-8-23(20(24)13-22)17-5-3-4-6-17/h9-11,17H,3-8,12-13H2,1-2H3. The number of hydrogen-bond donors (Lipinski definition) is 0. The first-order chi connectivity index (χ1) is 12.5. The molecule has 26 heavy (non-hydrogen) atoms. The molecule has 1 aliphatic heterocycles. The van der Waals surface area contributed by atoms with E-state index in [9.17, 15) is 9.59 Å². The van der Waals surface area contributed by atoms with Crippen molar-refractivity contribution in [2.45, 2.75) is 52.1 Å². The molecule has 0 radical (unpaired) electrons. The lowest BCUT2D eigenvalue weighted by Crippen LogP contribution is -2.53. The molecule has 2 fully saturated rings. The molecule has 1 aromatic carbocycles. The Morgan fingerprint density at radius 2 is 1.77 bits per heavy atom. The zero-order valence-corrected chi connectivity index (χ0v) is 15.6. The molecule has 0 bridgehead atoms. The molecule has 0 N–H and O–H groups in total. The average Bonchev–Trinajstić information content (AvgIpc) is 3.11. The molecule has 4 rings (SSSR count). The smallest absolute Gasteiger partial charge is 0.336 e. The van der Waals surface area contributed by atoms with E-state index in [2.05, 4.69) is 22.8 Å². The first-order valence-corrected chi connectivity index (χ1v) is 9.57. The minimum Gasteiger partial charge on any atom is -0.423 e. The minimum absolute atomic E-state index is 0.224. The molecule has 5 heteroatoms. The number of amides is 1. The fourth-order valence-corrected chi connectivity index (χ4v) is 4.33. The highest BCUT2D eigenvalue weighted by Gasteiger charge is 2.31. The maximum atomic E-state index is 12.6. The van der Waals surface area contributed by atoms with Gasteiger partial charge in [-0.2, -0.15) is 0 Å². The van der Waals surface area contributed by atoms with Crippen LogP contribution in [0.2, 0.25) is 0 Å². The Bertz CT molecular complexity index is 896. The lowest BCUT2D eigenvalue weighted by atomic mass is 10.0. The van der Waals surface area contributed by atoms with E-state index in [-0.39, 0.29) is 11.5 Å². The molecule has 1 amide bonds. The summed E-state index contributed by atoms with van der Waals surface area (Å²) in [6.45, 7) is 6.77. The van der Waals surface area contributed by atoms with Crippen LogP contribution in [0.5, 0.6) is 0 Å². The van der Waals surface area contributed by atoms with Gasteiger partial charge in [0, 0.05) is 37.1 Å². The maximum absolute atomic E-state index is 12.6. The fraction of sp³-hybridized carbons (Fsp3) is 0.524. The van der Waals surface area contributed by atoms with E-state index in [4.69, 9.17) is 4.42 Å². The summed E-state index contributed by atoms with van der Waals surface area (Å²) in [7, 11) is 0. The van der Waals surface area contributed by atoms with Crippen LogP contribution in [0.3, 0.4) is 0 Å². The topological polar surface area (TPSA) is 53.8 Å². The lowest BCUT2D eigenvalue weighted by Gasteiger charge is -2.37. The number of rotatable bonds is 3. The van der Waals surface area contributed by atoms with Crippen molar-refractivity contribution in [1.82, 2.24) is 9.80 Å². The molecular weight excluding hydrogens is 328 g/mol. The number of carbonyl (C=O) groups excluding carboxylic acids is 1. The van der Waals surface area contributed by atoms with E-state index in [1.807, 2.05) is 13.0 Å². The molecule has 0 spiro atoms. The summed E-state index contributed by atoms with van der Waals surface area (Å²) in [4.78, 5) is 28.8. The molecular formula is C21H26N2O3. The van der Waals surface area contributed by atoms with Gasteiger partial charge in [0.25, 0.3) is 0 Å². The van der Waals surface area contributed by atoms with Crippen LogP contribution < -0.4 is 5.63 Å². The number of benzene rings is 1. The molecule has 1 saturated carbocycles. The monoisotopic (exact) mass is 354 g/mol. The van der Waals surface area contributed by atoms with E-state index in [1.165, 1.54) is 18.4 Å². The second-order valence-electron chi connectivity index (χ2n) is 7.76. The molecule has 2 heterocycles. The lowest BCUT2D eigenvalue weighted by molar-refractivity contribution is -0.138. The first kappa shape index (κ1) is 17.3. The summed E-state index contributed by atoms with van der Waals surface area (Å²) in [5.41, 5.74) is 3.53. The number of hydrogen-bond acceptors (Lipinski definition) is 4. The molecule has 2 aromatic rings. The predicted molar refractivity (Wildman–Crippen MR) is 101 cm³/mol. The summed E-state index contributed by atoms with van der Waals surface area (Å²) in [5, 5.41) is 0.971. The van der Waals surface area contributed by atoms with Crippen LogP contribution in [0.25, 0.3) is 11.0 Å². The Labute approximate surface area is 153 Å². The summed E-state index contributed by atoms with van der Waals surface area (Å²) < 4.78 is 5.38. The number of aryl methyl sites for hydroxylation is 2.